The minimum atomic E-state index is -0.313. The highest BCUT2D eigenvalue weighted by Gasteiger charge is 2.29. The van der Waals surface area contributed by atoms with Crippen LogP contribution in [0.3, 0.4) is 0 Å². The molecule has 1 aliphatic carbocycles. The Morgan fingerprint density at radius 2 is 1.84 bits per heavy atom. The summed E-state index contributed by atoms with van der Waals surface area (Å²) in [5.41, 5.74) is 2.20. The Bertz CT molecular complexity index is 385. The summed E-state index contributed by atoms with van der Waals surface area (Å²) in [4.78, 5) is 0. The highest BCUT2D eigenvalue weighted by molar-refractivity contribution is 5.24. The van der Waals surface area contributed by atoms with Crippen molar-refractivity contribution in [1.29, 1.82) is 0 Å². The average molecular weight is 262 g/mol. The van der Waals surface area contributed by atoms with E-state index < -0.39 is 0 Å². The SMILES string of the molecule is COCc1ccc(C(O)C2CCC(C)C(C)C2)cc1. The van der Waals surface area contributed by atoms with Gasteiger partial charge in [0.05, 0.1) is 12.7 Å². The first-order valence-electron chi connectivity index (χ1n) is 7.37. The standard InChI is InChI=1S/C17H26O2/c1-12-4-7-16(10-13(12)2)17(18)15-8-5-14(6-9-15)11-19-3/h5-6,8-9,12-13,16-18H,4,7,10-11H2,1-3H3. The van der Waals surface area contributed by atoms with E-state index in [1.165, 1.54) is 6.42 Å². The fraction of sp³-hybridized carbons (Fsp3) is 0.647. The quantitative estimate of drug-likeness (QED) is 0.890. The van der Waals surface area contributed by atoms with Crippen molar-refractivity contribution in [2.45, 2.75) is 45.8 Å². The van der Waals surface area contributed by atoms with Crippen molar-refractivity contribution < 1.29 is 9.84 Å². The summed E-state index contributed by atoms with van der Waals surface area (Å²) in [6.07, 6.45) is 3.21. The zero-order chi connectivity index (χ0) is 13.8. The average Bonchev–Trinajstić information content (AvgIpc) is 2.42. The first-order valence-corrected chi connectivity index (χ1v) is 7.37. The van der Waals surface area contributed by atoms with E-state index in [2.05, 4.69) is 26.0 Å². The van der Waals surface area contributed by atoms with Crippen LogP contribution < -0.4 is 0 Å². The maximum atomic E-state index is 10.5. The molecule has 0 heterocycles. The lowest BCUT2D eigenvalue weighted by Gasteiger charge is -2.34. The molecule has 4 unspecified atom stereocenters. The van der Waals surface area contributed by atoms with E-state index in [-0.39, 0.29) is 6.10 Å². The third-order valence-corrected chi connectivity index (χ3v) is 4.72. The van der Waals surface area contributed by atoms with Crippen molar-refractivity contribution in [2.75, 3.05) is 7.11 Å². The predicted octanol–water partition coefficient (Wildman–Crippen LogP) is 3.94. The van der Waals surface area contributed by atoms with Crippen LogP contribution in [0.4, 0.5) is 0 Å². The monoisotopic (exact) mass is 262 g/mol. The Balaban J connectivity index is 2.00. The number of ether oxygens (including phenoxy) is 1. The van der Waals surface area contributed by atoms with Gasteiger partial charge in [0, 0.05) is 7.11 Å². The van der Waals surface area contributed by atoms with Gasteiger partial charge in [-0.1, -0.05) is 44.5 Å². The number of aliphatic hydroxyl groups is 1. The van der Waals surface area contributed by atoms with Gasteiger partial charge in [0.2, 0.25) is 0 Å². The molecule has 0 saturated heterocycles. The molecule has 2 nitrogen and oxygen atoms in total. The predicted molar refractivity (Wildman–Crippen MR) is 77.8 cm³/mol. The first kappa shape index (κ1) is 14.5. The number of methoxy groups -OCH3 is 1. The van der Waals surface area contributed by atoms with Crippen LogP contribution in [0.5, 0.6) is 0 Å². The summed E-state index contributed by atoms with van der Waals surface area (Å²) in [5, 5.41) is 10.5. The van der Waals surface area contributed by atoms with Gasteiger partial charge in [-0.3, -0.25) is 0 Å². The normalized spacial score (nSPS) is 29.2. The lowest BCUT2D eigenvalue weighted by atomic mass is 9.73. The Morgan fingerprint density at radius 3 is 2.42 bits per heavy atom. The fourth-order valence-corrected chi connectivity index (χ4v) is 3.13. The molecule has 0 amide bonds. The first-order chi connectivity index (χ1) is 9.11. The van der Waals surface area contributed by atoms with Crippen LogP contribution in [0.2, 0.25) is 0 Å². The lowest BCUT2D eigenvalue weighted by Crippen LogP contribution is -2.25. The summed E-state index contributed by atoms with van der Waals surface area (Å²) in [6, 6.07) is 8.19. The van der Waals surface area contributed by atoms with Gasteiger partial charge in [-0.2, -0.15) is 0 Å². The summed E-state index contributed by atoms with van der Waals surface area (Å²) in [5.74, 6) is 1.94. The largest absolute Gasteiger partial charge is 0.388 e. The van der Waals surface area contributed by atoms with Gasteiger partial charge in [0.1, 0.15) is 0 Å². The van der Waals surface area contributed by atoms with Gasteiger partial charge >= 0.3 is 0 Å². The van der Waals surface area contributed by atoms with Crippen LogP contribution >= 0.6 is 0 Å². The smallest absolute Gasteiger partial charge is 0.0818 e. The van der Waals surface area contributed by atoms with E-state index >= 15 is 0 Å². The van der Waals surface area contributed by atoms with E-state index in [1.807, 2.05) is 12.1 Å². The summed E-state index contributed by atoms with van der Waals surface area (Å²) in [7, 11) is 1.70. The van der Waals surface area contributed by atoms with Crippen molar-refractivity contribution in [3.05, 3.63) is 35.4 Å². The molecule has 106 valence electrons. The van der Waals surface area contributed by atoms with Crippen LogP contribution in [0.15, 0.2) is 24.3 Å². The van der Waals surface area contributed by atoms with Gasteiger partial charge in [0.25, 0.3) is 0 Å². The second-order valence-electron chi connectivity index (χ2n) is 6.15. The molecule has 4 atom stereocenters. The maximum absolute atomic E-state index is 10.5. The Hall–Kier alpha value is -0.860. The van der Waals surface area contributed by atoms with E-state index in [0.29, 0.717) is 12.5 Å². The second-order valence-corrected chi connectivity index (χ2v) is 6.15. The van der Waals surface area contributed by atoms with Crippen LogP contribution in [-0.4, -0.2) is 12.2 Å². The van der Waals surface area contributed by atoms with Crippen LogP contribution in [-0.2, 0) is 11.3 Å². The zero-order valence-electron chi connectivity index (χ0n) is 12.3. The molecule has 2 heteroatoms. The Morgan fingerprint density at radius 1 is 1.16 bits per heavy atom. The topological polar surface area (TPSA) is 29.5 Å². The summed E-state index contributed by atoms with van der Waals surface area (Å²) in [6.45, 7) is 5.27. The molecular weight excluding hydrogens is 236 g/mol. The van der Waals surface area contributed by atoms with E-state index in [4.69, 9.17) is 4.74 Å². The number of rotatable bonds is 4. The summed E-state index contributed by atoms with van der Waals surface area (Å²) >= 11 is 0. The molecule has 0 aliphatic heterocycles. The summed E-state index contributed by atoms with van der Waals surface area (Å²) < 4.78 is 5.11. The number of benzene rings is 1. The van der Waals surface area contributed by atoms with Crippen molar-refractivity contribution in [3.63, 3.8) is 0 Å². The molecule has 1 aliphatic rings. The Kier molecular flexibility index (Phi) is 5.00. The highest BCUT2D eigenvalue weighted by Crippen LogP contribution is 2.39. The van der Waals surface area contributed by atoms with Gasteiger partial charge in [-0.25, -0.2) is 0 Å². The lowest BCUT2D eigenvalue weighted by molar-refractivity contribution is 0.0560. The minimum Gasteiger partial charge on any atom is -0.388 e. The third kappa shape index (κ3) is 3.58. The number of hydrogen-bond donors (Lipinski definition) is 1. The van der Waals surface area contributed by atoms with Gasteiger partial charge in [-0.05, 0) is 41.7 Å². The molecule has 19 heavy (non-hydrogen) atoms. The van der Waals surface area contributed by atoms with E-state index in [1.54, 1.807) is 7.11 Å². The van der Waals surface area contributed by atoms with Crippen LogP contribution in [0.1, 0.15) is 50.3 Å². The molecule has 0 radical (unpaired) electrons. The van der Waals surface area contributed by atoms with E-state index in [9.17, 15) is 5.11 Å². The molecule has 1 saturated carbocycles. The maximum Gasteiger partial charge on any atom is 0.0818 e. The highest BCUT2D eigenvalue weighted by atomic mass is 16.5. The molecule has 0 aromatic heterocycles. The molecule has 2 rings (SSSR count). The van der Waals surface area contributed by atoms with E-state index in [0.717, 1.165) is 35.8 Å². The molecule has 1 aromatic carbocycles. The van der Waals surface area contributed by atoms with Crippen molar-refractivity contribution in [1.82, 2.24) is 0 Å². The fourth-order valence-electron chi connectivity index (χ4n) is 3.13. The third-order valence-electron chi connectivity index (χ3n) is 4.72. The Labute approximate surface area is 116 Å². The van der Waals surface area contributed by atoms with Gasteiger partial charge < -0.3 is 9.84 Å². The second kappa shape index (κ2) is 6.53. The van der Waals surface area contributed by atoms with Gasteiger partial charge in [-0.15, -0.1) is 0 Å². The minimum absolute atomic E-state index is 0.313. The molecule has 0 spiro atoms. The van der Waals surface area contributed by atoms with Crippen molar-refractivity contribution >= 4 is 0 Å². The van der Waals surface area contributed by atoms with Crippen molar-refractivity contribution in [3.8, 4) is 0 Å². The number of hydrogen-bond acceptors (Lipinski definition) is 2. The molecule has 1 N–H and O–H groups in total. The number of aliphatic hydroxyl groups excluding tert-OH is 1. The zero-order valence-corrected chi connectivity index (χ0v) is 12.3. The van der Waals surface area contributed by atoms with Crippen LogP contribution in [0.25, 0.3) is 0 Å². The van der Waals surface area contributed by atoms with Crippen LogP contribution in [0, 0.1) is 17.8 Å². The molecular formula is C17H26O2. The molecule has 1 fully saturated rings. The molecule has 0 bridgehead atoms. The van der Waals surface area contributed by atoms with Crippen molar-refractivity contribution in [2.24, 2.45) is 17.8 Å². The molecule has 1 aromatic rings. The van der Waals surface area contributed by atoms with Gasteiger partial charge in [0.15, 0.2) is 0 Å².